The largest absolute Gasteiger partial charge is 0.512 e. The number of aromatic nitrogens is 3. The van der Waals surface area contributed by atoms with E-state index in [1.54, 1.807) is 0 Å². The van der Waals surface area contributed by atoms with Gasteiger partial charge in [-0.15, -0.1) is 0 Å². The summed E-state index contributed by atoms with van der Waals surface area (Å²) in [5.74, 6) is -0.141. The van der Waals surface area contributed by atoms with Gasteiger partial charge in [-0.25, -0.2) is 9.50 Å². The van der Waals surface area contributed by atoms with Gasteiger partial charge in [0.2, 0.25) is 0 Å². The molecule has 2 heterocycles. The van der Waals surface area contributed by atoms with Crippen LogP contribution in [0.3, 0.4) is 0 Å². The number of aliphatic hydroxyl groups is 1. The summed E-state index contributed by atoms with van der Waals surface area (Å²) in [6.07, 6.45) is -2.25. The van der Waals surface area contributed by atoms with Gasteiger partial charge in [-0.05, 0) is 37.5 Å². The Kier molecular flexibility index (Phi) is 4.20. The molecule has 1 aromatic carbocycles. The third-order valence-electron chi connectivity index (χ3n) is 3.90. The summed E-state index contributed by atoms with van der Waals surface area (Å²) in [5, 5.41) is 13.8. The average molecular weight is 349 g/mol. The summed E-state index contributed by atoms with van der Waals surface area (Å²) < 4.78 is 39.2. The van der Waals surface area contributed by atoms with Crippen molar-refractivity contribution in [1.82, 2.24) is 14.6 Å². The highest BCUT2D eigenvalue weighted by Gasteiger charge is 2.29. The van der Waals surface area contributed by atoms with Crippen LogP contribution in [0.15, 0.2) is 41.5 Å². The van der Waals surface area contributed by atoms with E-state index in [-0.39, 0.29) is 22.1 Å². The van der Waals surface area contributed by atoms with E-state index in [9.17, 15) is 23.1 Å². The van der Waals surface area contributed by atoms with E-state index in [4.69, 9.17) is 0 Å². The minimum Gasteiger partial charge on any atom is -0.512 e. The fraction of sp³-hybridized carbons (Fsp3) is 0.235. The molecule has 0 fully saturated rings. The molecule has 25 heavy (non-hydrogen) atoms. The first kappa shape index (κ1) is 16.9. The molecular formula is C17H14F3N3O2. The Morgan fingerprint density at radius 3 is 2.48 bits per heavy atom. The number of pyridine rings is 1. The van der Waals surface area contributed by atoms with Crippen LogP contribution >= 0.6 is 0 Å². The molecule has 5 nitrogen and oxygen atoms in total. The molecule has 0 radical (unpaired) electrons. The van der Waals surface area contributed by atoms with Gasteiger partial charge in [0.05, 0.1) is 5.56 Å². The summed E-state index contributed by atoms with van der Waals surface area (Å²) in [6, 6.07) is 6.26. The van der Waals surface area contributed by atoms with Crippen LogP contribution in [-0.2, 0) is 19.0 Å². The summed E-state index contributed by atoms with van der Waals surface area (Å²) in [4.78, 5) is 16.2. The number of aryl methyl sites for hydroxylation is 2. The van der Waals surface area contributed by atoms with Crippen LogP contribution in [0.4, 0.5) is 13.2 Å². The molecule has 0 spiro atoms. The maximum absolute atomic E-state index is 12.6. The Labute approximate surface area is 140 Å². The number of benzene rings is 1. The van der Waals surface area contributed by atoms with Crippen molar-refractivity contribution in [3.8, 4) is 0 Å². The maximum atomic E-state index is 12.6. The van der Waals surface area contributed by atoms with E-state index < -0.39 is 11.7 Å². The summed E-state index contributed by atoms with van der Waals surface area (Å²) in [7, 11) is 0. The molecule has 0 aliphatic heterocycles. The summed E-state index contributed by atoms with van der Waals surface area (Å²) in [5.41, 5.74) is 0.470. The number of alkyl halides is 3. The first-order valence-corrected chi connectivity index (χ1v) is 7.49. The van der Waals surface area contributed by atoms with Gasteiger partial charge in [0.1, 0.15) is 17.3 Å². The van der Waals surface area contributed by atoms with Crippen LogP contribution in [0, 0.1) is 0 Å². The highest BCUT2D eigenvalue weighted by molar-refractivity contribution is 5.49. The van der Waals surface area contributed by atoms with Crippen LogP contribution in [0.5, 0.6) is 0 Å². The molecule has 3 rings (SSSR count). The number of rotatable bonds is 3. The van der Waals surface area contributed by atoms with E-state index >= 15 is 0 Å². The SMILES string of the molecule is CC(O)=c1c(=O)cc(CCc2ccc(C(F)(F)F)cc2)n2ncnc12. The van der Waals surface area contributed by atoms with Crippen molar-refractivity contribution in [2.24, 2.45) is 0 Å². The van der Waals surface area contributed by atoms with Gasteiger partial charge < -0.3 is 5.11 Å². The minimum atomic E-state index is -4.36. The molecule has 0 unspecified atom stereocenters. The molecular weight excluding hydrogens is 335 g/mol. The number of halogens is 3. The van der Waals surface area contributed by atoms with Crippen molar-refractivity contribution in [2.45, 2.75) is 25.9 Å². The molecule has 0 bridgehead atoms. The molecule has 0 saturated carbocycles. The zero-order valence-electron chi connectivity index (χ0n) is 13.2. The molecule has 3 aromatic rings. The van der Waals surface area contributed by atoms with E-state index in [2.05, 4.69) is 10.1 Å². The van der Waals surface area contributed by atoms with Gasteiger partial charge in [0.25, 0.3) is 0 Å². The zero-order valence-corrected chi connectivity index (χ0v) is 13.2. The topological polar surface area (TPSA) is 67.5 Å². The third kappa shape index (κ3) is 3.33. The fourth-order valence-electron chi connectivity index (χ4n) is 2.67. The first-order valence-electron chi connectivity index (χ1n) is 7.49. The van der Waals surface area contributed by atoms with Crippen molar-refractivity contribution in [1.29, 1.82) is 0 Å². The fourth-order valence-corrected chi connectivity index (χ4v) is 2.67. The number of fused-ring (bicyclic) bond motifs is 1. The van der Waals surface area contributed by atoms with E-state index in [0.29, 0.717) is 24.1 Å². The molecule has 0 aliphatic carbocycles. The number of hydrogen-bond acceptors (Lipinski definition) is 4. The van der Waals surface area contributed by atoms with Gasteiger partial charge >= 0.3 is 6.18 Å². The van der Waals surface area contributed by atoms with Crippen LogP contribution in [0.25, 0.3) is 11.4 Å². The average Bonchev–Trinajstić information content (AvgIpc) is 3.00. The van der Waals surface area contributed by atoms with E-state index in [0.717, 1.165) is 12.1 Å². The molecule has 2 aromatic heterocycles. The maximum Gasteiger partial charge on any atom is 0.416 e. The predicted octanol–water partition coefficient (Wildman–Crippen LogP) is 2.30. The Morgan fingerprint density at radius 2 is 1.88 bits per heavy atom. The molecule has 0 saturated heterocycles. The molecule has 0 atom stereocenters. The third-order valence-corrected chi connectivity index (χ3v) is 3.90. The smallest absolute Gasteiger partial charge is 0.416 e. The van der Waals surface area contributed by atoms with Gasteiger partial charge in [0.15, 0.2) is 11.1 Å². The van der Waals surface area contributed by atoms with Crippen molar-refractivity contribution < 1.29 is 18.3 Å². The normalized spacial score (nSPS) is 13.3. The van der Waals surface area contributed by atoms with Crippen LogP contribution < -0.4 is 10.6 Å². The van der Waals surface area contributed by atoms with Crippen molar-refractivity contribution >= 4 is 11.4 Å². The molecule has 8 heteroatoms. The monoisotopic (exact) mass is 349 g/mol. The second-order valence-corrected chi connectivity index (χ2v) is 5.65. The standard InChI is InChI=1S/C17H14F3N3O2/c1-10(24)15-14(25)8-13(23-16(15)21-9-22-23)7-4-11-2-5-12(6-3-11)17(18,19)20/h2-3,5-6,8-9,24H,4,7H2,1H3. The lowest BCUT2D eigenvalue weighted by Crippen LogP contribution is -2.30. The minimum absolute atomic E-state index is 0.0933. The van der Waals surface area contributed by atoms with Gasteiger partial charge in [0, 0.05) is 11.8 Å². The van der Waals surface area contributed by atoms with Crippen LogP contribution in [0.1, 0.15) is 23.7 Å². The van der Waals surface area contributed by atoms with Gasteiger partial charge in [-0.2, -0.15) is 18.3 Å². The highest BCUT2D eigenvalue weighted by atomic mass is 19.4. The summed E-state index contributed by atoms with van der Waals surface area (Å²) in [6.45, 7) is 1.40. The lowest BCUT2D eigenvalue weighted by atomic mass is 10.1. The lowest BCUT2D eigenvalue weighted by molar-refractivity contribution is -0.137. The van der Waals surface area contributed by atoms with Gasteiger partial charge in [-0.1, -0.05) is 12.1 Å². The van der Waals surface area contributed by atoms with E-state index in [1.165, 1.54) is 36.0 Å². The zero-order chi connectivity index (χ0) is 18.2. The Bertz CT molecular complexity index is 1020. The predicted molar refractivity (Wildman–Crippen MR) is 85.0 cm³/mol. The second-order valence-electron chi connectivity index (χ2n) is 5.65. The second kappa shape index (κ2) is 6.19. The Hall–Kier alpha value is -2.90. The number of hydrogen-bond donors (Lipinski definition) is 1. The van der Waals surface area contributed by atoms with Gasteiger partial charge in [-0.3, -0.25) is 4.79 Å². The summed E-state index contributed by atoms with van der Waals surface area (Å²) >= 11 is 0. The number of aliphatic hydroxyl groups excluding tert-OH is 1. The van der Waals surface area contributed by atoms with Crippen molar-refractivity contribution in [3.63, 3.8) is 0 Å². The van der Waals surface area contributed by atoms with Crippen LogP contribution in [0.2, 0.25) is 0 Å². The molecule has 130 valence electrons. The lowest BCUT2D eigenvalue weighted by Gasteiger charge is -2.08. The van der Waals surface area contributed by atoms with Crippen molar-refractivity contribution in [3.05, 3.63) is 68.9 Å². The number of nitrogens with zero attached hydrogens (tertiary/aromatic N) is 3. The highest BCUT2D eigenvalue weighted by Crippen LogP contribution is 2.29. The molecule has 1 N–H and O–H groups in total. The van der Waals surface area contributed by atoms with Crippen molar-refractivity contribution in [2.75, 3.05) is 0 Å². The molecule has 0 aliphatic rings. The quantitative estimate of drug-likeness (QED) is 0.788. The van der Waals surface area contributed by atoms with E-state index in [1.807, 2.05) is 0 Å². The Morgan fingerprint density at radius 1 is 1.20 bits per heavy atom. The molecule has 0 amide bonds. The van der Waals surface area contributed by atoms with Crippen LogP contribution in [-0.4, -0.2) is 19.7 Å². The Balaban J connectivity index is 1.90. The first-order chi connectivity index (χ1) is 11.8.